The van der Waals surface area contributed by atoms with E-state index in [1.165, 1.54) is 0 Å². The minimum atomic E-state index is -0.408. The SMILES string of the molecule is CC1CCN(C(=O)c2cccc(N(C)C)c2)CC1O. The summed E-state index contributed by atoms with van der Waals surface area (Å²) in [5.41, 5.74) is 1.70. The van der Waals surface area contributed by atoms with Crippen molar-refractivity contribution in [3.05, 3.63) is 29.8 Å². The van der Waals surface area contributed by atoms with Crippen LogP contribution in [0.25, 0.3) is 0 Å². The lowest BCUT2D eigenvalue weighted by atomic mass is 9.95. The van der Waals surface area contributed by atoms with Crippen molar-refractivity contribution in [2.45, 2.75) is 19.4 Å². The maximum Gasteiger partial charge on any atom is 0.254 e. The molecule has 19 heavy (non-hydrogen) atoms. The predicted molar refractivity (Wildman–Crippen MR) is 76.5 cm³/mol. The van der Waals surface area contributed by atoms with E-state index in [2.05, 4.69) is 0 Å². The van der Waals surface area contributed by atoms with Crippen LogP contribution in [0.15, 0.2) is 24.3 Å². The summed E-state index contributed by atoms with van der Waals surface area (Å²) in [7, 11) is 3.91. The summed E-state index contributed by atoms with van der Waals surface area (Å²) in [6, 6.07) is 7.60. The third-order valence-electron chi connectivity index (χ3n) is 3.82. The Morgan fingerprint density at radius 3 is 2.79 bits per heavy atom. The zero-order valence-electron chi connectivity index (χ0n) is 11.8. The highest BCUT2D eigenvalue weighted by Gasteiger charge is 2.27. The van der Waals surface area contributed by atoms with Gasteiger partial charge in [-0.2, -0.15) is 0 Å². The molecule has 0 bridgehead atoms. The molecule has 104 valence electrons. The summed E-state index contributed by atoms with van der Waals surface area (Å²) in [5.74, 6) is 0.284. The van der Waals surface area contributed by atoms with Gasteiger partial charge in [-0.05, 0) is 30.5 Å². The molecule has 1 aromatic carbocycles. The van der Waals surface area contributed by atoms with Gasteiger partial charge in [-0.1, -0.05) is 13.0 Å². The van der Waals surface area contributed by atoms with Crippen LogP contribution in [-0.4, -0.2) is 49.2 Å². The van der Waals surface area contributed by atoms with Gasteiger partial charge in [-0.15, -0.1) is 0 Å². The largest absolute Gasteiger partial charge is 0.391 e. The number of rotatable bonds is 2. The number of aliphatic hydroxyl groups excluding tert-OH is 1. The van der Waals surface area contributed by atoms with Crippen molar-refractivity contribution in [3.63, 3.8) is 0 Å². The predicted octanol–water partition coefficient (Wildman–Crippen LogP) is 1.60. The lowest BCUT2D eigenvalue weighted by molar-refractivity contribution is 0.0248. The molecule has 1 N–H and O–H groups in total. The zero-order chi connectivity index (χ0) is 14.0. The molecule has 4 nitrogen and oxygen atoms in total. The van der Waals surface area contributed by atoms with Gasteiger partial charge < -0.3 is 14.9 Å². The highest BCUT2D eigenvalue weighted by Crippen LogP contribution is 2.20. The Hall–Kier alpha value is -1.55. The summed E-state index contributed by atoms with van der Waals surface area (Å²) in [5, 5.41) is 9.88. The first-order valence-electron chi connectivity index (χ1n) is 6.73. The second-order valence-corrected chi connectivity index (χ2v) is 5.53. The Morgan fingerprint density at radius 1 is 1.42 bits per heavy atom. The highest BCUT2D eigenvalue weighted by atomic mass is 16.3. The van der Waals surface area contributed by atoms with Crippen LogP contribution < -0.4 is 4.90 Å². The van der Waals surface area contributed by atoms with Crippen molar-refractivity contribution in [3.8, 4) is 0 Å². The molecular weight excluding hydrogens is 240 g/mol. The van der Waals surface area contributed by atoms with Gasteiger partial charge in [-0.25, -0.2) is 0 Å². The van der Waals surface area contributed by atoms with E-state index in [1.54, 1.807) is 4.90 Å². The van der Waals surface area contributed by atoms with Crippen LogP contribution in [0, 0.1) is 5.92 Å². The molecule has 2 atom stereocenters. The first kappa shape index (κ1) is 13.9. The summed E-state index contributed by atoms with van der Waals surface area (Å²) in [4.78, 5) is 16.1. The number of carbonyl (C=O) groups is 1. The quantitative estimate of drug-likeness (QED) is 0.880. The maximum absolute atomic E-state index is 12.4. The van der Waals surface area contributed by atoms with Crippen molar-refractivity contribution >= 4 is 11.6 Å². The third-order valence-corrected chi connectivity index (χ3v) is 3.82. The van der Waals surface area contributed by atoms with Gasteiger partial charge in [0.1, 0.15) is 0 Å². The van der Waals surface area contributed by atoms with Crippen molar-refractivity contribution in [1.82, 2.24) is 4.90 Å². The van der Waals surface area contributed by atoms with Crippen LogP contribution >= 0.6 is 0 Å². The van der Waals surface area contributed by atoms with Crippen LogP contribution in [-0.2, 0) is 0 Å². The minimum absolute atomic E-state index is 0.00894. The average Bonchev–Trinajstić information content (AvgIpc) is 2.41. The molecule has 0 spiro atoms. The lowest BCUT2D eigenvalue weighted by Crippen LogP contribution is -2.45. The average molecular weight is 262 g/mol. The standard InChI is InChI=1S/C15H22N2O2/c1-11-7-8-17(10-14(11)18)15(19)12-5-4-6-13(9-12)16(2)3/h4-6,9,11,14,18H,7-8,10H2,1-3H3. The van der Waals surface area contributed by atoms with Crippen LogP contribution in [0.4, 0.5) is 5.69 Å². The molecule has 0 radical (unpaired) electrons. The fourth-order valence-corrected chi connectivity index (χ4v) is 2.33. The molecule has 2 rings (SSSR count). The summed E-state index contributed by atoms with van der Waals surface area (Å²) in [6.07, 6.45) is 0.454. The Bertz CT molecular complexity index is 459. The number of hydrogen-bond donors (Lipinski definition) is 1. The van der Waals surface area contributed by atoms with Gasteiger partial charge in [0.2, 0.25) is 0 Å². The molecule has 1 heterocycles. The van der Waals surface area contributed by atoms with E-state index in [9.17, 15) is 9.90 Å². The number of likely N-dealkylation sites (tertiary alicyclic amines) is 1. The molecule has 0 aromatic heterocycles. The van der Waals surface area contributed by atoms with Gasteiger partial charge in [0.05, 0.1) is 6.10 Å². The topological polar surface area (TPSA) is 43.8 Å². The molecule has 1 aliphatic heterocycles. The summed E-state index contributed by atoms with van der Waals surface area (Å²) in [6.45, 7) is 3.19. The molecule has 1 amide bonds. The number of amides is 1. The van der Waals surface area contributed by atoms with E-state index in [-0.39, 0.29) is 11.8 Å². The summed E-state index contributed by atoms with van der Waals surface area (Å²) >= 11 is 0. The molecule has 1 fully saturated rings. The van der Waals surface area contributed by atoms with Gasteiger partial charge in [0.25, 0.3) is 5.91 Å². The number of anilines is 1. The third kappa shape index (κ3) is 3.07. The van der Waals surface area contributed by atoms with Gasteiger partial charge in [-0.3, -0.25) is 4.79 Å². The molecular formula is C15H22N2O2. The van der Waals surface area contributed by atoms with Crippen LogP contribution in [0.2, 0.25) is 0 Å². The number of benzene rings is 1. The van der Waals surface area contributed by atoms with E-state index in [0.29, 0.717) is 12.1 Å². The Morgan fingerprint density at radius 2 is 2.16 bits per heavy atom. The van der Waals surface area contributed by atoms with Crippen molar-refractivity contribution in [1.29, 1.82) is 0 Å². The Balaban J connectivity index is 2.13. The first-order valence-corrected chi connectivity index (χ1v) is 6.73. The highest BCUT2D eigenvalue weighted by molar-refractivity contribution is 5.95. The van der Waals surface area contributed by atoms with Crippen LogP contribution in [0.5, 0.6) is 0 Å². The van der Waals surface area contributed by atoms with Crippen LogP contribution in [0.1, 0.15) is 23.7 Å². The Labute approximate surface area is 114 Å². The molecule has 0 aliphatic carbocycles. The van der Waals surface area contributed by atoms with E-state index in [4.69, 9.17) is 0 Å². The smallest absolute Gasteiger partial charge is 0.254 e. The van der Waals surface area contributed by atoms with E-state index in [0.717, 1.165) is 18.7 Å². The fraction of sp³-hybridized carbons (Fsp3) is 0.533. The van der Waals surface area contributed by atoms with Crippen molar-refractivity contribution in [2.75, 3.05) is 32.1 Å². The molecule has 1 aromatic rings. The fourth-order valence-electron chi connectivity index (χ4n) is 2.33. The number of piperidine rings is 1. The zero-order valence-corrected chi connectivity index (χ0v) is 11.8. The normalized spacial score (nSPS) is 23.3. The lowest BCUT2D eigenvalue weighted by Gasteiger charge is -2.34. The van der Waals surface area contributed by atoms with Gasteiger partial charge >= 0.3 is 0 Å². The van der Waals surface area contributed by atoms with Gasteiger partial charge in [0.15, 0.2) is 0 Å². The van der Waals surface area contributed by atoms with Crippen molar-refractivity contribution in [2.24, 2.45) is 5.92 Å². The second-order valence-electron chi connectivity index (χ2n) is 5.53. The molecule has 1 aliphatic rings. The maximum atomic E-state index is 12.4. The Kier molecular flexibility index (Phi) is 4.10. The van der Waals surface area contributed by atoms with Gasteiger partial charge in [0, 0.05) is 38.4 Å². The summed E-state index contributed by atoms with van der Waals surface area (Å²) < 4.78 is 0. The number of aliphatic hydroxyl groups is 1. The molecule has 2 unspecified atom stereocenters. The van der Waals surface area contributed by atoms with E-state index in [1.807, 2.05) is 50.2 Å². The molecule has 4 heteroatoms. The number of hydrogen-bond acceptors (Lipinski definition) is 3. The number of β-amino-alcohol motifs (C(OH)–C–C–N with tert-alkyl or cyclic N) is 1. The van der Waals surface area contributed by atoms with Crippen molar-refractivity contribution < 1.29 is 9.90 Å². The minimum Gasteiger partial charge on any atom is -0.391 e. The second kappa shape index (κ2) is 5.61. The van der Waals surface area contributed by atoms with E-state index < -0.39 is 6.10 Å². The molecule has 1 saturated heterocycles. The number of nitrogens with zero attached hydrogens (tertiary/aromatic N) is 2. The van der Waals surface area contributed by atoms with E-state index >= 15 is 0 Å². The number of carbonyl (C=O) groups excluding carboxylic acids is 1. The monoisotopic (exact) mass is 262 g/mol. The van der Waals surface area contributed by atoms with Crippen LogP contribution in [0.3, 0.4) is 0 Å². The molecule has 0 saturated carbocycles. The first-order chi connectivity index (χ1) is 8.99.